The van der Waals surface area contributed by atoms with Crippen molar-refractivity contribution in [3.63, 3.8) is 0 Å². The van der Waals surface area contributed by atoms with E-state index < -0.39 is 14.9 Å². The van der Waals surface area contributed by atoms with E-state index in [2.05, 4.69) is 10.0 Å². The van der Waals surface area contributed by atoms with E-state index in [1.165, 1.54) is 12.1 Å². The van der Waals surface area contributed by atoms with Crippen LogP contribution in [0.2, 0.25) is 0 Å². The number of hydrogen-bond acceptors (Lipinski definition) is 6. The van der Waals surface area contributed by atoms with Gasteiger partial charge >= 0.3 is 0 Å². The highest BCUT2D eigenvalue weighted by atomic mass is 32.2. The van der Waals surface area contributed by atoms with E-state index in [4.69, 9.17) is 0 Å². The highest BCUT2D eigenvalue weighted by Gasteiger charge is 2.23. The van der Waals surface area contributed by atoms with Crippen LogP contribution in [0.3, 0.4) is 0 Å². The van der Waals surface area contributed by atoms with Crippen molar-refractivity contribution in [3.8, 4) is 0 Å². The second-order valence-corrected chi connectivity index (χ2v) is 8.70. The van der Waals surface area contributed by atoms with Crippen molar-refractivity contribution >= 4 is 21.4 Å². The van der Waals surface area contributed by atoms with Crippen LogP contribution in [0.25, 0.3) is 0 Å². The van der Waals surface area contributed by atoms with Crippen molar-refractivity contribution in [2.75, 3.05) is 26.0 Å². The molecular formula is C19H26N4O4S. The molecule has 0 aromatic heterocycles. The van der Waals surface area contributed by atoms with E-state index >= 15 is 0 Å². The average molecular weight is 407 g/mol. The van der Waals surface area contributed by atoms with Crippen molar-refractivity contribution < 1.29 is 13.3 Å². The monoisotopic (exact) mass is 406 g/mol. The lowest BCUT2D eigenvalue weighted by Crippen LogP contribution is -2.30. The summed E-state index contributed by atoms with van der Waals surface area (Å²) < 4.78 is 27.0. The molecule has 1 atom stereocenters. The number of sulfonamides is 1. The molecule has 2 aromatic rings. The third kappa shape index (κ3) is 5.51. The van der Waals surface area contributed by atoms with Gasteiger partial charge in [0.2, 0.25) is 10.0 Å². The largest absolute Gasteiger partial charge is 0.378 e. The highest BCUT2D eigenvalue weighted by Crippen LogP contribution is 2.29. The molecule has 0 heterocycles. The maximum atomic E-state index is 12.3. The van der Waals surface area contributed by atoms with Crippen molar-refractivity contribution in [2.45, 2.75) is 30.8 Å². The molecule has 0 amide bonds. The topological polar surface area (TPSA) is 105 Å². The first-order chi connectivity index (χ1) is 13.1. The third-order valence-corrected chi connectivity index (χ3v) is 5.82. The van der Waals surface area contributed by atoms with Gasteiger partial charge in [0.25, 0.3) is 5.69 Å². The number of anilines is 1. The van der Waals surface area contributed by atoms with Crippen LogP contribution in [-0.4, -0.2) is 44.9 Å². The Morgan fingerprint density at radius 2 is 1.75 bits per heavy atom. The lowest BCUT2D eigenvalue weighted by molar-refractivity contribution is -0.384. The predicted octanol–water partition coefficient (Wildman–Crippen LogP) is 3.00. The van der Waals surface area contributed by atoms with Gasteiger partial charge in [-0.15, -0.1) is 0 Å². The molecular weight excluding hydrogens is 380 g/mol. The van der Waals surface area contributed by atoms with E-state index in [9.17, 15) is 18.5 Å². The second-order valence-electron chi connectivity index (χ2n) is 6.98. The van der Waals surface area contributed by atoms with E-state index in [0.717, 1.165) is 11.6 Å². The fourth-order valence-corrected chi connectivity index (χ4v) is 4.11. The van der Waals surface area contributed by atoms with Crippen LogP contribution in [0.4, 0.5) is 11.4 Å². The molecule has 0 aliphatic carbocycles. The van der Waals surface area contributed by atoms with Gasteiger partial charge in [0.05, 0.1) is 15.9 Å². The molecule has 152 valence electrons. The van der Waals surface area contributed by atoms with Gasteiger partial charge in [0, 0.05) is 18.7 Å². The fourth-order valence-electron chi connectivity index (χ4n) is 2.84. The quantitative estimate of drug-likeness (QED) is 0.490. The lowest BCUT2D eigenvalue weighted by atomic mass is 10.1. The van der Waals surface area contributed by atoms with Crippen molar-refractivity contribution in [3.05, 3.63) is 64.2 Å². The minimum absolute atomic E-state index is 0.00757. The summed E-state index contributed by atoms with van der Waals surface area (Å²) in [5.74, 6) is 0. The van der Waals surface area contributed by atoms with Crippen molar-refractivity contribution in [1.29, 1.82) is 0 Å². The smallest absolute Gasteiger partial charge is 0.293 e. The zero-order chi connectivity index (χ0) is 20.9. The van der Waals surface area contributed by atoms with Crippen LogP contribution in [0, 0.1) is 10.1 Å². The molecule has 0 fully saturated rings. The minimum Gasteiger partial charge on any atom is -0.378 e. The lowest BCUT2D eigenvalue weighted by Gasteiger charge is -2.25. The number of rotatable bonds is 9. The Labute approximate surface area is 165 Å². The summed E-state index contributed by atoms with van der Waals surface area (Å²) in [5, 5.41) is 14.6. The van der Waals surface area contributed by atoms with Crippen LogP contribution in [0.1, 0.15) is 25.5 Å². The summed E-state index contributed by atoms with van der Waals surface area (Å²) in [7, 11) is 0.0527. The number of likely N-dealkylation sites (N-methyl/N-ethyl adjacent to an activating group) is 1. The maximum absolute atomic E-state index is 12.3. The molecule has 0 aliphatic heterocycles. The van der Waals surface area contributed by atoms with Crippen LogP contribution >= 0.6 is 0 Å². The molecule has 0 radical (unpaired) electrons. The molecule has 2 N–H and O–H groups in total. The fraction of sp³-hybridized carbons (Fsp3) is 0.368. The Morgan fingerprint density at radius 3 is 2.29 bits per heavy atom. The van der Waals surface area contributed by atoms with Gasteiger partial charge in [-0.2, -0.15) is 0 Å². The summed E-state index contributed by atoms with van der Waals surface area (Å²) in [5.41, 5.74) is 1.07. The third-order valence-electron chi connectivity index (χ3n) is 4.16. The number of nitrogens with zero attached hydrogens (tertiary/aromatic N) is 2. The van der Waals surface area contributed by atoms with Gasteiger partial charge in [-0.05, 0) is 45.6 Å². The molecule has 0 saturated heterocycles. The molecule has 0 spiro atoms. The van der Waals surface area contributed by atoms with E-state index in [1.807, 2.05) is 49.3 Å². The molecule has 28 heavy (non-hydrogen) atoms. The number of hydrogen-bond donors (Lipinski definition) is 2. The Bertz CT molecular complexity index is 915. The van der Waals surface area contributed by atoms with E-state index in [0.29, 0.717) is 6.54 Å². The Morgan fingerprint density at radius 1 is 1.11 bits per heavy atom. The second kappa shape index (κ2) is 9.13. The maximum Gasteiger partial charge on any atom is 0.293 e. The average Bonchev–Trinajstić information content (AvgIpc) is 2.61. The molecule has 0 bridgehead atoms. The molecule has 2 rings (SSSR count). The van der Waals surface area contributed by atoms with Gasteiger partial charge in [0.15, 0.2) is 0 Å². The SMILES string of the molecule is CC(C)NS(=O)(=O)c1ccc(NC[C@H](c2ccccc2)N(C)C)c([N+](=O)[O-])c1. The normalized spacial score (nSPS) is 12.9. The van der Waals surface area contributed by atoms with E-state index in [-0.39, 0.29) is 28.4 Å². The molecule has 0 saturated carbocycles. The molecule has 8 nitrogen and oxygen atoms in total. The number of benzene rings is 2. The Balaban J connectivity index is 2.29. The molecule has 2 aromatic carbocycles. The molecule has 9 heteroatoms. The zero-order valence-electron chi connectivity index (χ0n) is 16.4. The first-order valence-corrected chi connectivity index (χ1v) is 10.4. The predicted molar refractivity (Wildman–Crippen MR) is 110 cm³/mol. The van der Waals surface area contributed by atoms with Crippen LogP contribution < -0.4 is 10.0 Å². The van der Waals surface area contributed by atoms with Crippen LogP contribution in [-0.2, 0) is 10.0 Å². The van der Waals surface area contributed by atoms with Crippen molar-refractivity contribution in [2.24, 2.45) is 0 Å². The first kappa shape index (κ1) is 21.8. The minimum atomic E-state index is -3.81. The summed E-state index contributed by atoms with van der Waals surface area (Å²) in [4.78, 5) is 12.8. The van der Waals surface area contributed by atoms with Gasteiger partial charge in [-0.3, -0.25) is 10.1 Å². The summed E-state index contributed by atoms with van der Waals surface area (Å²) in [6.07, 6.45) is 0. The summed E-state index contributed by atoms with van der Waals surface area (Å²) in [6.45, 7) is 3.80. The molecule has 0 aliphatic rings. The Kier molecular flexibility index (Phi) is 7.11. The summed E-state index contributed by atoms with van der Waals surface area (Å²) in [6, 6.07) is 13.4. The van der Waals surface area contributed by atoms with E-state index in [1.54, 1.807) is 13.8 Å². The summed E-state index contributed by atoms with van der Waals surface area (Å²) >= 11 is 0. The van der Waals surface area contributed by atoms with Crippen LogP contribution in [0.5, 0.6) is 0 Å². The Hall–Kier alpha value is -2.49. The van der Waals surface area contributed by atoms with Gasteiger partial charge < -0.3 is 10.2 Å². The highest BCUT2D eigenvalue weighted by molar-refractivity contribution is 7.89. The van der Waals surface area contributed by atoms with Gasteiger partial charge in [0.1, 0.15) is 5.69 Å². The standard InChI is InChI=1S/C19H26N4O4S/c1-14(2)21-28(26,27)16-10-11-17(18(12-16)23(24)25)20-13-19(22(3)4)15-8-6-5-7-9-15/h5-12,14,19-21H,13H2,1-4H3/t19-/m1/s1. The number of nitro groups is 1. The van der Waals surface area contributed by atoms with Gasteiger partial charge in [-0.25, -0.2) is 13.1 Å². The van der Waals surface area contributed by atoms with Crippen molar-refractivity contribution in [1.82, 2.24) is 9.62 Å². The molecule has 0 unspecified atom stereocenters. The number of nitrogens with one attached hydrogen (secondary N) is 2. The zero-order valence-corrected chi connectivity index (χ0v) is 17.2. The van der Waals surface area contributed by atoms with Crippen LogP contribution in [0.15, 0.2) is 53.4 Å². The van der Waals surface area contributed by atoms with Gasteiger partial charge in [-0.1, -0.05) is 30.3 Å². The number of nitro benzene ring substituents is 1. The first-order valence-electron chi connectivity index (χ1n) is 8.88.